The lowest BCUT2D eigenvalue weighted by Gasteiger charge is -2.24. The summed E-state index contributed by atoms with van der Waals surface area (Å²) in [7, 11) is 1.84. The molecule has 0 aliphatic heterocycles. The van der Waals surface area contributed by atoms with Gasteiger partial charge in [0.1, 0.15) is 0 Å². The third-order valence-corrected chi connectivity index (χ3v) is 3.11. The fraction of sp³-hybridized carbons (Fsp3) is 0.500. The average molecular weight is 234 g/mol. The van der Waals surface area contributed by atoms with Crippen LogP contribution in [-0.4, -0.2) is 30.4 Å². The molecule has 3 heteroatoms. The Hall–Kier alpha value is -1.35. The van der Waals surface area contributed by atoms with Crippen molar-refractivity contribution in [1.29, 1.82) is 0 Å². The summed E-state index contributed by atoms with van der Waals surface area (Å²) in [6.07, 6.45) is 1.31. The lowest BCUT2D eigenvalue weighted by Crippen LogP contribution is -2.37. The molecule has 0 aliphatic rings. The van der Waals surface area contributed by atoms with Gasteiger partial charge in [0.25, 0.3) is 0 Å². The highest BCUT2D eigenvalue weighted by molar-refractivity contribution is 5.78. The summed E-state index contributed by atoms with van der Waals surface area (Å²) in [5.74, 6) is 0.148. The number of rotatable bonds is 5. The molecule has 17 heavy (non-hydrogen) atoms. The van der Waals surface area contributed by atoms with Crippen LogP contribution in [0.15, 0.2) is 24.3 Å². The Kier molecular flexibility index (Phi) is 5.16. The molecule has 0 spiro atoms. The smallest absolute Gasteiger partial charge is 0.226 e. The zero-order chi connectivity index (χ0) is 12.8. The largest absolute Gasteiger partial charge is 0.343 e. The van der Waals surface area contributed by atoms with Crippen molar-refractivity contribution in [3.8, 4) is 0 Å². The van der Waals surface area contributed by atoms with Crippen LogP contribution in [0.4, 0.5) is 0 Å². The van der Waals surface area contributed by atoms with Crippen LogP contribution in [0.2, 0.25) is 0 Å². The number of carbonyl (C=O) groups is 1. The molecule has 1 atom stereocenters. The molecular formula is C14H22N2O. The first-order valence-corrected chi connectivity index (χ1v) is 6.06. The number of amides is 1. The normalized spacial score (nSPS) is 12.2. The van der Waals surface area contributed by atoms with Crippen molar-refractivity contribution in [2.45, 2.75) is 32.7 Å². The van der Waals surface area contributed by atoms with Crippen LogP contribution in [0.5, 0.6) is 0 Å². The Balaban J connectivity index is 2.56. The van der Waals surface area contributed by atoms with E-state index in [2.05, 4.69) is 0 Å². The van der Waals surface area contributed by atoms with Crippen molar-refractivity contribution in [2.75, 3.05) is 13.6 Å². The Morgan fingerprint density at radius 3 is 2.47 bits per heavy atom. The maximum atomic E-state index is 12.0. The summed E-state index contributed by atoms with van der Waals surface area (Å²) in [4.78, 5) is 13.8. The van der Waals surface area contributed by atoms with Crippen LogP contribution in [0, 0.1) is 6.92 Å². The molecule has 1 amide bonds. The molecule has 0 fully saturated rings. The van der Waals surface area contributed by atoms with E-state index in [0.29, 0.717) is 13.0 Å². The van der Waals surface area contributed by atoms with E-state index in [1.807, 2.05) is 45.2 Å². The third kappa shape index (κ3) is 4.19. The molecule has 0 saturated carbocycles. The van der Waals surface area contributed by atoms with E-state index in [-0.39, 0.29) is 11.9 Å². The van der Waals surface area contributed by atoms with Crippen LogP contribution in [0.1, 0.15) is 24.5 Å². The minimum absolute atomic E-state index is 0.148. The van der Waals surface area contributed by atoms with Crippen molar-refractivity contribution < 1.29 is 4.79 Å². The molecule has 0 bridgehead atoms. The van der Waals surface area contributed by atoms with Gasteiger partial charge in [0.05, 0.1) is 6.42 Å². The molecule has 0 aromatic heterocycles. The van der Waals surface area contributed by atoms with Crippen molar-refractivity contribution in [2.24, 2.45) is 5.73 Å². The second kappa shape index (κ2) is 6.40. The monoisotopic (exact) mass is 234 g/mol. The second-order valence-corrected chi connectivity index (χ2v) is 4.59. The molecule has 1 aromatic carbocycles. The Morgan fingerprint density at radius 1 is 1.35 bits per heavy atom. The van der Waals surface area contributed by atoms with Crippen LogP contribution in [0.25, 0.3) is 0 Å². The van der Waals surface area contributed by atoms with Crippen LogP contribution < -0.4 is 5.73 Å². The van der Waals surface area contributed by atoms with Crippen LogP contribution >= 0.6 is 0 Å². The van der Waals surface area contributed by atoms with E-state index in [1.54, 1.807) is 4.90 Å². The zero-order valence-electron chi connectivity index (χ0n) is 10.9. The molecule has 0 heterocycles. The van der Waals surface area contributed by atoms with Crippen molar-refractivity contribution in [3.63, 3.8) is 0 Å². The van der Waals surface area contributed by atoms with E-state index < -0.39 is 0 Å². The van der Waals surface area contributed by atoms with Gasteiger partial charge >= 0.3 is 0 Å². The maximum Gasteiger partial charge on any atom is 0.226 e. The number of benzene rings is 1. The number of hydrogen-bond acceptors (Lipinski definition) is 2. The predicted molar refractivity (Wildman–Crippen MR) is 70.8 cm³/mol. The Bertz CT molecular complexity index is 359. The Morgan fingerprint density at radius 2 is 1.94 bits per heavy atom. The van der Waals surface area contributed by atoms with Gasteiger partial charge in [0, 0.05) is 13.1 Å². The fourth-order valence-electron chi connectivity index (χ4n) is 1.69. The van der Waals surface area contributed by atoms with Gasteiger partial charge in [-0.2, -0.15) is 0 Å². The lowest BCUT2D eigenvalue weighted by atomic mass is 10.1. The number of nitrogens with two attached hydrogens (primary N) is 1. The summed E-state index contributed by atoms with van der Waals surface area (Å²) >= 11 is 0. The van der Waals surface area contributed by atoms with E-state index in [4.69, 9.17) is 5.73 Å². The van der Waals surface area contributed by atoms with E-state index in [1.165, 1.54) is 5.56 Å². The molecule has 1 unspecified atom stereocenters. The summed E-state index contributed by atoms with van der Waals surface area (Å²) in [6, 6.07) is 8.29. The fourth-order valence-corrected chi connectivity index (χ4v) is 1.69. The quantitative estimate of drug-likeness (QED) is 0.843. The van der Waals surface area contributed by atoms with E-state index >= 15 is 0 Å². The predicted octanol–water partition coefficient (Wildman–Crippen LogP) is 1.73. The molecular weight excluding hydrogens is 212 g/mol. The Labute approximate surface area is 104 Å². The summed E-state index contributed by atoms with van der Waals surface area (Å²) in [6.45, 7) is 4.68. The minimum Gasteiger partial charge on any atom is -0.343 e. The molecule has 0 radical (unpaired) electrons. The van der Waals surface area contributed by atoms with Crippen LogP contribution in [-0.2, 0) is 11.2 Å². The number of hydrogen-bond donors (Lipinski definition) is 1. The number of likely N-dealkylation sites (N-methyl/N-ethyl adjacent to an activating group) is 1. The first-order valence-electron chi connectivity index (χ1n) is 6.06. The third-order valence-electron chi connectivity index (χ3n) is 3.11. The summed E-state index contributed by atoms with van der Waals surface area (Å²) < 4.78 is 0. The first kappa shape index (κ1) is 13.7. The number of nitrogens with zero attached hydrogens (tertiary/aromatic N) is 1. The molecule has 0 aliphatic carbocycles. The number of aryl methyl sites for hydroxylation is 1. The molecule has 1 aromatic rings. The molecule has 0 saturated heterocycles. The lowest BCUT2D eigenvalue weighted by molar-refractivity contribution is -0.131. The van der Waals surface area contributed by atoms with Gasteiger partial charge in [-0.1, -0.05) is 29.8 Å². The number of carbonyl (C=O) groups excluding carboxylic acids is 1. The van der Waals surface area contributed by atoms with E-state index in [0.717, 1.165) is 12.0 Å². The standard InChI is InChI=1S/C14H22N2O/c1-11-4-6-13(7-5-11)10-14(17)16(3)12(2)8-9-15/h4-7,12H,8-10,15H2,1-3H3. The van der Waals surface area contributed by atoms with Gasteiger partial charge in [-0.15, -0.1) is 0 Å². The maximum absolute atomic E-state index is 12.0. The highest BCUT2D eigenvalue weighted by Crippen LogP contribution is 2.08. The van der Waals surface area contributed by atoms with Crippen LogP contribution in [0.3, 0.4) is 0 Å². The average Bonchev–Trinajstić information content (AvgIpc) is 2.31. The van der Waals surface area contributed by atoms with Crippen molar-refractivity contribution in [3.05, 3.63) is 35.4 Å². The summed E-state index contributed by atoms with van der Waals surface area (Å²) in [5, 5.41) is 0. The molecule has 94 valence electrons. The first-order chi connectivity index (χ1) is 8.04. The van der Waals surface area contributed by atoms with Gasteiger partial charge in [-0.3, -0.25) is 4.79 Å². The van der Waals surface area contributed by atoms with Crippen molar-refractivity contribution >= 4 is 5.91 Å². The highest BCUT2D eigenvalue weighted by Gasteiger charge is 2.15. The molecule has 3 nitrogen and oxygen atoms in total. The summed E-state index contributed by atoms with van der Waals surface area (Å²) in [5.41, 5.74) is 7.77. The molecule has 2 N–H and O–H groups in total. The van der Waals surface area contributed by atoms with Gasteiger partial charge in [0.15, 0.2) is 0 Å². The second-order valence-electron chi connectivity index (χ2n) is 4.59. The minimum atomic E-state index is 0.148. The van der Waals surface area contributed by atoms with E-state index in [9.17, 15) is 4.79 Å². The highest BCUT2D eigenvalue weighted by atomic mass is 16.2. The van der Waals surface area contributed by atoms with Gasteiger partial charge in [0.2, 0.25) is 5.91 Å². The van der Waals surface area contributed by atoms with Gasteiger partial charge in [-0.25, -0.2) is 0 Å². The van der Waals surface area contributed by atoms with Gasteiger partial charge in [-0.05, 0) is 32.4 Å². The van der Waals surface area contributed by atoms with Crippen molar-refractivity contribution in [1.82, 2.24) is 4.90 Å². The topological polar surface area (TPSA) is 46.3 Å². The molecule has 1 rings (SSSR count). The zero-order valence-corrected chi connectivity index (χ0v) is 10.9. The van der Waals surface area contributed by atoms with Gasteiger partial charge < -0.3 is 10.6 Å². The SMILES string of the molecule is Cc1ccc(CC(=O)N(C)C(C)CCN)cc1.